The van der Waals surface area contributed by atoms with Crippen LogP contribution in [0.5, 0.6) is 11.5 Å². The van der Waals surface area contributed by atoms with E-state index in [9.17, 15) is 0 Å². The molecule has 0 bridgehead atoms. The van der Waals surface area contributed by atoms with Crippen molar-refractivity contribution in [1.29, 1.82) is 0 Å². The lowest BCUT2D eigenvalue weighted by atomic mass is 9.88. The highest BCUT2D eigenvalue weighted by atomic mass is 35.5. The topological polar surface area (TPSA) is 18.5 Å². The van der Waals surface area contributed by atoms with Crippen LogP contribution in [0.3, 0.4) is 0 Å². The summed E-state index contributed by atoms with van der Waals surface area (Å²) in [5.74, 6) is 1.74. The molecule has 1 heterocycles. The van der Waals surface area contributed by atoms with E-state index in [2.05, 4.69) is 24.3 Å². The summed E-state index contributed by atoms with van der Waals surface area (Å²) in [6.45, 7) is 0.513. The van der Waals surface area contributed by atoms with Gasteiger partial charge in [0.1, 0.15) is 18.1 Å². The van der Waals surface area contributed by atoms with Gasteiger partial charge in [0.2, 0.25) is 0 Å². The van der Waals surface area contributed by atoms with Crippen molar-refractivity contribution in [2.75, 3.05) is 13.7 Å². The lowest BCUT2D eigenvalue weighted by Crippen LogP contribution is -2.11. The molecule has 0 spiro atoms. The Balaban J connectivity index is 1.95. The van der Waals surface area contributed by atoms with E-state index >= 15 is 0 Å². The lowest BCUT2D eigenvalue weighted by Gasteiger charge is -2.25. The van der Waals surface area contributed by atoms with Gasteiger partial charge >= 0.3 is 0 Å². The van der Waals surface area contributed by atoms with E-state index in [1.54, 1.807) is 7.11 Å². The third-order valence-electron chi connectivity index (χ3n) is 4.38. The van der Waals surface area contributed by atoms with Crippen LogP contribution in [-0.2, 0) is 0 Å². The van der Waals surface area contributed by atoms with Gasteiger partial charge in [-0.05, 0) is 47.0 Å². The first-order valence-corrected chi connectivity index (χ1v) is 8.50. The Hall–Kier alpha value is -2.71. The van der Waals surface area contributed by atoms with E-state index in [4.69, 9.17) is 21.1 Å². The van der Waals surface area contributed by atoms with Crippen LogP contribution in [0.1, 0.15) is 16.7 Å². The van der Waals surface area contributed by atoms with Crippen LogP contribution in [0, 0.1) is 0 Å². The molecule has 124 valence electrons. The SMILES string of the molecule is COc1ccc(C2=C(c3cccc(Cl)c3)COc3ccccc32)cc1. The van der Waals surface area contributed by atoms with Crippen LogP contribution in [0.4, 0.5) is 0 Å². The maximum atomic E-state index is 6.22. The Morgan fingerprint density at radius 1 is 0.880 bits per heavy atom. The van der Waals surface area contributed by atoms with Crippen molar-refractivity contribution in [3.8, 4) is 11.5 Å². The number of methoxy groups -OCH3 is 1. The van der Waals surface area contributed by atoms with E-state index in [1.807, 2.05) is 48.5 Å². The van der Waals surface area contributed by atoms with Crippen LogP contribution in [0.2, 0.25) is 5.02 Å². The average Bonchev–Trinajstić information content (AvgIpc) is 2.67. The molecule has 1 aliphatic heterocycles. The van der Waals surface area contributed by atoms with Crippen molar-refractivity contribution in [2.45, 2.75) is 0 Å². The first-order valence-electron chi connectivity index (χ1n) is 8.12. The van der Waals surface area contributed by atoms with Crippen molar-refractivity contribution in [3.05, 3.63) is 94.5 Å². The van der Waals surface area contributed by atoms with Crippen molar-refractivity contribution in [2.24, 2.45) is 0 Å². The maximum absolute atomic E-state index is 6.22. The molecule has 25 heavy (non-hydrogen) atoms. The van der Waals surface area contributed by atoms with E-state index < -0.39 is 0 Å². The molecule has 0 saturated heterocycles. The van der Waals surface area contributed by atoms with Gasteiger partial charge in [-0.3, -0.25) is 0 Å². The molecule has 3 aromatic rings. The summed E-state index contributed by atoms with van der Waals surface area (Å²) >= 11 is 6.22. The van der Waals surface area contributed by atoms with Crippen molar-refractivity contribution >= 4 is 22.7 Å². The molecule has 3 aromatic carbocycles. The lowest BCUT2D eigenvalue weighted by molar-refractivity contribution is 0.365. The number of ether oxygens (including phenoxy) is 2. The monoisotopic (exact) mass is 348 g/mol. The minimum absolute atomic E-state index is 0.513. The molecule has 0 saturated carbocycles. The second-order valence-electron chi connectivity index (χ2n) is 5.88. The molecular formula is C22H17ClO2. The third kappa shape index (κ3) is 3.01. The van der Waals surface area contributed by atoms with E-state index in [1.165, 1.54) is 5.57 Å². The second-order valence-corrected chi connectivity index (χ2v) is 6.31. The molecule has 0 atom stereocenters. The minimum atomic E-state index is 0.513. The second kappa shape index (κ2) is 6.66. The molecule has 3 heteroatoms. The van der Waals surface area contributed by atoms with Gasteiger partial charge < -0.3 is 9.47 Å². The zero-order valence-electron chi connectivity index (χ0n) is 13.8. The summed E-state index contributed by atoms with van der Waals surface area (Å²) in [6.07, 6.45) is 0. The van der Waals surface area contributed by atoms with E-state index in [0.29, 0.717) is 6.61 Å². The van der Waals surface area contributed by atoms with Crippen LogP contribution in [0.15, 0.2) is 72.8 Å². The molecule has 1 aliphatic rings. The van der Waals surface area contributed by atoms with E-state index in [0.717, 1.165) is 38.8 Å². The summed E-state index contributed by atoms with van der Waals surface area (Å²) in [4.78, 5) is 0. The summed E-state index contributed by atoms with van der Waals surface area (Å²) in [6, 6.07) is 24.2. The zero-order valence-corrected chi connectivity index (χ0v) is 14.6. The molecule has 0 unspecified atom stereocenters. The first-order chi connectivity index (χ1) is 12.3. The summed E-state index contributed by atoms with van der Waals surface area (Å²) in [5.41, 5.74) is 5.60. The number of para-hydroxylation sites is 1. The van der Waals surface area contributed by atoms with Gasteiger partial charge in [0.25, 0.3) is 0 Å². The van der Waals surface area contributed by atoms with Crippen molar-refractivity contribution in [3.63, 3.8) is 0 Å². The van der Waals surface area contributed by atoms with Crippen LogP contribution >= 0.6 is 11.6 Å². The highest BCUT2D eigenvalue weighted by Gasteiger charge is 2.22. The highest BCUT2D eigenvalue weighted by Crippen LogP contribution is 2.41. The fourth-order valence-electron chi connectivity index (χ4n) is 3.17. The van der Waals surface area contributed by atoms with Gasteiger partial charge in [-0.15, -0.1) is 0 Å². The number of hydrogen-bond donors (Lipinski definition) is 0. The molecule has 0 aromatic heterocycles. The van der Waals surface area contributed by atoms with Gasteiger partial charge in [0, 0.05) is 16.2 Å². The Bertz CT molecular complexity index is 942. The maximum Gasteiger partial charge on any atom is 0.127 e. The number of halogens is 1. The van der Waals surface area contributed by atoms with Crippen molar-refractivity contribution in [1.82, 2.24) is 0 Å². The quantitative estimate of drug-likeness (QED) is 0.604. The van der Waals surface area contributed by atoms with Crippen LogP contribution in [0.25, 0.3) is 11.1 Å². The van der Waals surface area contributed by atoms with Gasteiger partial charge in [-0.25, -0.2) is 0 Å². The smallest absolute Gasteiger partial charge is 0.127 e. The van der Waals surface area contributed by atoms with Gasteiger partial charge in [0.05, 0.1) is 7.11 Å². The Morgan fingerprint density at radius 2 is 1.68 bits per heavy atom. The average molecular weight is 349 g/mol. The normalized spacial score (nSPS) is 13.2. The standard InChI is InChI=1S/C22H17ClO2/c1-24-18-11-9-15(10-12-18)22-19-7-2-3-8-21(19)25-14-20(22)16-5-4-6-17(23)13-16/h2-13H,14H2,1H3. The fourth-order valence-corrected chi connectivity index (χ4v) is 3.37. The molecular weight excluding hydrogens is 332 g/mol. The van der Waals surface area contributed by atoms with Gasteiger partial charge in [0.15, 0.2) is 0 Å². The van der Waals surface area contributed by atoms with E-state index in [-0.39, 0.29) is 0 Å². The highest BCUT2D eigenvalue weighted by molar-refractivity contribution is 6.30. The Morgan fingerprint density at radius 3 is 2.44 bits per heavy atom. The molecule has 0 fully saturated rings. The zero-order chi connectivity index (χ0) is 17.2. The van der Waals surface area contributed by atoms with Crippen molar-refractivity contribution < 1.29 is 9.47 Å². The predicted molar refractivity (Wildman–Crippen MR) is 102 cm³/mol. The Labute approximate surface area is 152 Å². The first kappa shape index (κ1) is 15.8. The van der Waals surface area contributed by atoms with Crippen LogP contribution < -0.4 is 9.47 Å². The molecule has 2 nitrogen and oxygen atoms in total. The number of hydrogen-bond acceptors (Lipinski definition) is 2. The largest absolute Gasteiger partial charge is 0.497 e. The summed E-state index contributed by atoms with van der Waals surface area (Å²) in [7, 11) is 1.68. The predicted octanol–water partition coefficient (Wildman–Crippen LogP) is 5.70. The number of fused-ring (bicyclic) bond motifs is 1. The molecule has 0 aliphatic carbocycles. The van der Waals surface area contributed by atoms with Gasteiger partial charge in [-0.2, -0.15) is 0 Å². The molecule has 0 N–H and O–H groups in total. The minimum Gasteiger partial charge on any atom is -0.497 e. The Kier molecular flexibility index (Phi) is 4.21. The summed E-state index contributed by atoms with van der Waals surface area (Å²) in [5, 5.41) is 0.720. The molecule has 0 radical (unpaired) electrons. The number of benzene rings is 3. The molecule has 0 amide bonds. The summed E-state index contributed by atoms with van der Waals surface area (Å²) < 4.78 is 11.3. The third-order valence-corrected chi connectivity index (χ3v) is 4.62. The van der Waals surface area contributed by atoms with Gasteiger partial charge in [-0.1, -0.05) is 54.1 Å². The molecule has 4 rings (SSSR count). The fraction of sp³-hybridized carbons (Fsp3) is 0.0909. The van der Waals surface area contributed by atoms with Crippen LogP contribution in [-0.4, -0.2) is 13.7 Å². The number of rotatable bonds is 3.